The molecule has 1 aliphatic carbocycles. The summed E-state index contributed by atoms with van der Waals surface area (Å²) in [6, 6.07) is 16.4. The lowest BCUT2D eigenvalue weighted by molar-refractivity contribution is 0.232. The molecule has 126 valence electrons. The molecule has 0 aliphatic heterocycles. The van der Waals surface area contributed by atoms with Crippen molar-refractivity contribution in [2.24, 2.45) is 0 Å². The van der Waals surface area contributed by atoms with Crippen LogP contribution in [0.4, 0.5) is 4.79 Å². The van der Waals surface area contributed by atoms with Gasteiger partial charge in [-0.2, -0.15) is 0 Å². The van der Waals surface area contributed by atoms with Crippen molar-refractivity contribution in [3.05, 3.63) is 66.0 Å². The second kappa shape index (κ2) is 8.48. The highest BCUT2D eigenvalue weighted by atomic mass is 16.2. The second-order valence-corrected chi connectivity index (χ2v) is 6.41. The summed E-state index contributed by atoms with van der Waals surface area (Å²) < 4.78 is 0. The maximum atomic E-state index is 12.2. The standard InChI is InChI=1S/C20H25N3O/c24-20(23-17-11-5-2-6-12-17)22-15-18(16-9-3-1-4-10-16)19-13-7-8-14-21-19/h1,3-4,7-10,13-14,17-18H,2,5-6,11-12,15H2,(H2,22,23,24). The zero-order valence-corrected chi connectivity index (χ0v) is 13.9. The summed E-state index contributed by atoms with van der Waals surface area (Å²) in [6.45, 7) is 0.541. The molecule has 0 radical (unpaired) electrons. The van der Waals surface area contributed by atoms with Crippen LogP contribution in [0.25, 0.3) is 0 Å². The van der Waals surface area contributed by atoms with Gasteiger partial charge in [-0.05, 0) is 30.5 Å². The van der Waals surface area contributed by atoms with Crippen LogP contribution < -0.4 is 10.6 Å². The average Bonchev–Trinajstić information content (AvgIpc) is 2.64. The minimum Gasteiger partial charge on any atom is -0.337 e. The molecule has 2 N–H and O–H groups in total. The number of nitrogens with one attached hydrogen (secondary N) is 2. The molecule has 1 aromatic carbocycles. The number of carbonyl (C=O) groups excluding carboxylic acids is 1. The Bertz CT molecular complexity index is 584. The van der Waals surface area contributed by atoms with Gasteiger partial charge in [0.2, 0.25) is 0 Å². The summed E-state index contributed by atoms with van der Waals surface area (Å²) >= 11 is 0. The van der Waals surface area contributed by atoms with Crippen molar-refractivity contribution in [3.63, 3.8) is 0 Å². The lowest BCUT2D eigenvalue weighted by Crippen LogP contribution is -2.44. The number of rotatable bonds is 5. The number of nitrogens with zero attached hydrogens (tertiary/aromatic N) is 1. The smallest absolute Gasteiger partial charge is 0.315 e. The number of hydrogen-bond donors (Lipinski definition) is 2. The molecule has 4 heteroatoms. The van der Waals surface area contributed by atoms with Gasteiger partial charge in [-0.1, -0.05) is 55.7 Å². The Morgan fingerprint density at radius 3 is 2.50 bits per heavy atom. The highest BCUT2D eigenvalue weighted by Gasteiger charge is 2.18. The highest BCUT2D eigenvalue weighted by Crippen LogP contribution is 2.22. The van der Waals surface area contributed by atoms with E-state index in [-0.39, 0.29) is 11.9 Å². The van der Waals surface area contributed by atoms with Gasteiger partial charge in [-0.15, -0.1) is 0 Å². The van der Waals surface area contributed by atoms with Gasteiger partial charge >= 0.3 is 6.03 Å². The number of carbonyl (C=O) groups is 1. The van der Waals surface area contributed by atoms with E-state index < -0.39 is 0 Å². The molecular weight excluding hydrogens is 298 g/mol. The molecule has 2 aromatic rings. The lowest BCUT2D eigenvalue weighted by Gasteiger charge is -2.24. The molecule has 1 fully saturated rings. The first-order valence-electron chi connectivity index (χ1n) is 8.83. The fraction of sp³-hybridized carbons (Fsp3) is 0.400. The number of urea groups is 1. The van der Waals surface area contributed by atoms with E-state index in [1.807, 2.05) is 36.4 Å². The molecule has 1 atom stereocenters. The van der Waals surface area contributed by atoms with Crippen LogP contribution in [0.1, 0.15) is 49.3 Å². The predicted molar refractivity (Wildman–Crippen MR) is 95.9 cm³/mol. The summed E-state index contributed by atoms with van der Waals surface area (Å²) in [5.41, 5.74) is 2.14. The van der Waals surface area contributed by atoms with Gasteiger partial charge in [0, 0.05) is 30.4 Å². The fourth-order valence-corrected chi connectivity index (χ4v) is 3.34. The zero-order chi connectivity index (χ0) is 16.6. The summed E-state index contributed by atoms with van der Waals surface area (Å²) in [4.78, 5) is 16.7. The molecule has 3 rings (SSSR count). The summed E-state index contributed by atoms with van der Waals surface area (Å²) in [5, 5.41) is 6.14. The van der Waals surface area contributed by atoms with E-state index >= 15 is 0 Å². The van der Waals surface area contributed by atoms with E-state index in [2.05, 4.69) is 27.8 Å². The number of pyridine rings is 1. The summed E-state index contributed by atoms with van der Waals surface area (Å²) in [7, 11) is 0. The first kappa shape index (κ1) is 16.5. The molecule has 1 aromatic heterocycles. The maximum absolute atomic E-state index is 12.2. The first-order chi connectivity index (χ1) is 11.8. The molecule has 1 heterocycles. The van der Waals surface area contributed by atoms with Gasteiger partial charge in [0.05, 0.1) is 0 Å². The quantitative estimate of drug-likeness (QED) is 0.878. The fourth-order valence-electron chi connectivity index (χ4n) is 3.34. The third-order valence-electron chi connectivity index (χ3n) is 4.65. The SMILES string of the molecule is O=C(NCC(c1ccccc1)c1ccccn1)NC1CCCCC1. The van der Waals surface area contributed by atoms with Crippen LogP contribution in [0.3, 0.4) is 0 Å². The van der Waals surface area contributed by atoms with Gasteiger partial charge in [0.15, 0.2) is 0 Å². The average molecular weight is 323 g/mol. The topological polar surface area (TPSA) is 54.0 Å². The Balaban J connectivity index is 1.63. The minimum absolute atomic E-state index is 0.0597. The second-order valence-electron chi connectivity index (χ2n) is 6.41. The van der Waals surface area contributed by atoms with Crippen LogP contribution in [0.5, 0.6) is 0 Å². The van der Waals surface area contributed by atoms with Gasteiger partial charge < -0.3 is 10.6 Å². The Kier molecular flexibility index (Phi) is 5.83. The monoisotopic (exact) mass is 323 g/mol. The van der Waals surface area contributed by atoms with Crippen LogP contribution in [-0.4, -0.2) is 23.6 Å². The Labute approximate surface area is 143 Å². The van der Waals surface area contributed by atoms with E-state index in [0.29, 0.717) is 12.6 Å². The van der Waals surface area contributed by atoms with Gasteiger partial charge in [-0.3, -0.25) is 4.98 Å². The molecule has 0 bridgehead atoms. The number of aromatic nitrogens is 1. The van der Waals surface area contributed by atoms with E-state index in [1.165, 1.54) is 19.3 Å². The molecule has 1 unspecified atom stereocenters. The summed E-state index contributed by atoms with van der Waals surface area (Å²) in [6.07, 6.45) is 7.70. The van der Waals surface area contributed by atoms with Crippen molar-refractivity contribution in [1.82, 2.24) is 15.6 Å². The van der Waals surface area contributed by atoms with E-state index in [0.717, 1.165) is 24.1 Å². The molecule has 2 amide bonds. The van der Waals surface area contributed by atoms with Crippen LogP contribution in [0.15, 0.2) is 54.7 Å². The van der Waals surface area contributed by atoms with Gasteiger partial charge in [0.1, 0.15) is 0 Å². The molecule has 0 saturated heterocycles. The van der Waals surface area contributed by atoms with Crippen LogP contribution in [-0.2, 0) is 0 Å². The molecule has 1 aliphatic rings. The lowest BCUT2D eigenvalue weighted by atomic mass is 9.95. The van der Waals surface area contributed by atoms with Crippen molar-refractivity contribution < 1.29 is 4.79 Å². The van der Waals surface area contributed by atoms with E-state index in [4.69, 9.17) is 0 Å². The Morgan fingerprint density at radius 1 is 1.04 bits per heavy atom. The largest absolute Gasteiger partial charge is 0.337 e. The predicted octanol–water partition coefficient (Wildman–Crippen LogP) is 3.85. The number of hydrogen-bond acceptors (Lipinski definition) is 2. The zero-order valence-electron chi connectivity index (χ0n) is 13.9. The van der Waals surface area contributed by atoms with E-state index in [1.54, 1.807) is 6.20 Å². The van der Waals surface area contributed by atoms with Crippen molar-refractivity contribution in [2.45, 2.75) is 44.1 Å². The first-order valence-corrected chi connectivity index (χ1v) is 8.83. The van der Waals surface area contributed by atoms with Gasteiger partial charge in [0.25, 0.3) is 0 Å². The third kappa shape index (κ3) is 4.57. The third-order valence-corrected chi connectivity index (χ3v) is 4.65. The van der Waals surface area contributed by atoms with E-state index in [9.17, 15) is 4.79 Å². The van der Waals surface area contributed by atoms with Crippen LogP contribution in [0, 0.1) is 0 Å². The normalized spacial score (nSPS) is 16.3. The van der Waals surface area contributed by atoms with Crippen LogP contribution in [0.2, 0.25) is 0 Å². The molecule has 24 heavy (non-hydrogen) atoms. The van der Waals surface area contributed by atoms with Crippen molar-refractivity contribution in [1.29, 1.82) is 0 Å². The van der Waals surface area contributed by atoms with Gasteiger partial charge in [-0.25, -0.2) is 4.79 Å². The molecule has 0 spiro atoms. The number of amides is 2. The summed E-state index contributed by atoms with van der Waals surface area (Å²) in [5.74, 6) is 0.0597. The molecule has 1 saturated carbocycles. The minimum atomic E-state index is -0.0706. The van der Waals surface area contributed by atoms with Crippen LogP contribution >= 0.6 is 0 Å². The Hall–Kier alpha value is -2.36. The van der Waals surface area contributed by atoms with Crippen molar-refractivity contribution >= 4 is 6.03 Å². The van der Waals surface area contributed by atoms with Crippen molar-refractivity contribution in [3.8, 4) is 0 Å². The highest BCUT2D eigenvalue weighted by molar-refractivity contribution is 5.74. The molecular formula is C20H25N3O. The maximum Gasteiger partial charge on any atom is 0.315 e. The number of benzene rings is 1. The van der Waals surface area contributed by atoms with Crippen molar-refractivity contribution in [2.75, 3.05) is 6.54 Å². The Morgan fingerprint density at radius 2 is 1.79 bits per heavy atom. The molecule has 4 nitrogen and oxygen atoms in total.